The van der Waals surface area contributed by atoms with Gasteiger partial charge in [-0.25, -0.2) is 4.98 Å². The molecule has 2 N–H and O–H groups in total. The summed E-state index contributed by atoms with van der Waals surface area (Å²) in [6.45, 7) is 0.638. The van der Waals surface area contributed by atoms with E-state index in [9.17, 15) is 5.11 Å². The van der Waals surface area contributed by atoms with Gasteiger partial charge in [-0.15, -0.1) is 0 Å². The lowest BCUT2D eigenvalue weighted by atomic mass is 10.2. The van der Waals surface area contributed by atoms with Crippen LogP contribution in [0, 0.1) is 0 Å². The fourth-order valence-electron chi connectivity index (χ4n) is 2.77. The number of aromatic nitrogens is 2. The highest BCUT2D eigenvalue weighted by Crippen LogP contribution is 2.26. The molecule has 0 saturated heterocycles. The third-order valence-corrected chi connectivity index (χ3v) is 4.35. The van der Waals surface area contributed by atoms with Crippen molar-refractivity contribution in [1.29, 1.82) is 0 Å². The van der Waals surface area contributed by atoms with E-state index in [-0.39, 0.29) is 12.1 Å². The number of aliphatic hydroxyl groups excluding tert-OH is 1. The van der Waals surface area contributed by atoms with Crippen LogP contribution in [0.2, 0.25) is 5.02 Å². The molecule has 5 nitrogen and oxygen atoms in total. The number of aliphatic hydroxyl groups is 1. The van der Waals surface area contributed by atoms with Gasteiger partial charge in [-0.3, -0.25) is 0 Å². The first kappa shape index (κ1) is 15.3. The molecule has 118 valence electrons. The van der Waals surface area contributed by atoms with Crippen molar-refractivity contribution in [1.82, 2.24) is 14.9 Å². The summed E-state index contributed by atoms with van der Waals surface area (Å²) < 4.78 is 7.83. The van der Waals surface area contributed by atoms with Gasteiger partial charge < -0.3 is 19.7 Å². The van der Waals surface area contributed by atoms with E-state index in [1.54, 1.807) is 18.3 Å². The van der Waals surface area contributed by atoms with Crippen molar-refractivity contribution < 1.29 is 9.84 Å². The fourth-order valence-corrected chi connectivity index (χ4v) is 2.90. The first-order valence-corrected chi connectivity index (χ1v) is 7.81. The summed E-state index contributed by atoms with van der Waals surface area (Å²) in [6, 6.07) is 7.24. The van der Waals surface area contributed by atoms with Crippen LogP contribution in [-0.2, 0) is 13.6 Å². The average molecular weight is 322 g/mol. The summed E-state index contributed by atoms with van der Waals surface area (Å²) >= 11 is 5.86. The zero-order valence-corrected chi connectivity index (χ0v) is 13.2. The van der Waals surface area contributed by atoms with Crippen molar-refractivity contribution in [2.45, 2.75) is 37.6 Å². The van der Waals surface area contributed by atoms with Crippen LogP contribution in [0.1, 0.15) is 18.7 Å². The minimum absolute atomic E-state index is 0.0222. The van der Waals surface area contributed by atoms with E-state index in [0.717, 1.165) is 24.4 Å². The van der Waals surface area contributed by atoms with Crippen molar-refractivity contribution in [2.75, 3.05) is 0 Å². The number of nitrogens with one attached hydrogen (secondary N) is 1. The molecule has 2 aromatic rings. The minimum Gasteiger partial charge on any atom is -0.488 e. The summed E-state index contributed by atoms with van der Waals surface area (Å²) in [4.78, 5) is 4.27. The molecule has 3 rings (SSSR count). The summed E-state index contributed by atoms with van der Waals surface area (Å²) in [5, 5.41) is 14.5. The van der Waals surface area contributed by atoms with Crippen LogP contribution in [0.25, 0.3) is 0 Å². The Balaban J connectivity index is 1.54. The maximum absolute atomic E-state index is 10.4. The summed E-state index contributed by atoms with van der Waals surface area (Å²) in [6.07, 6.45) is 4.66. The quantitative estimate of drug-likeness (QED) is 0.886. The Morgan fingerprint density at radius 1 is 1.36 bits per heavy atom. The predicted molar refractivity (Wildman–Crippen MR) is 84.9 cm³/mol. The number of imidazole rings is 1. The molecule has 1 aromatic heterocycles. The van der Waals surface area contributed by atoms with E-state index in [0.29, 0.717) is 11.6 Å². The molecule has 0 spiro atoms. The van der Waals surface area contributed by atoms with Crippen LogP contribution in [0.3, 0.4) is 0 Å². The smallest absolute Gasteiger partial charge is 0.126 e. The molecule has 1 saturated carbocycles. The Kier molecular flexibility index (Phi) is 4.66. The molecule has 0 radical (unpaired) electrons. The van der Waals surface area contributed by atoms with Crippen molar-refractivity contribution in [3.05, 3.63) is 47.5 Å². The third kappa shape index (κ3) is 3.43. The second-order valence-corrected chi connectivity index (χ2v) is 6.06. The highest BCUT2D eigenvalue weighted by molar-refractivity contribution is 6.30. The summed E-state index contributed by atoms with van der Waals surface area (Å²) in [5.74, 6) is 1.69. The first-order chi connectivity index (χ1) is 10.6. The number of ether oxygens (including phenoxy) is 1. The standard InChI is InChI=1S/C16H20ClN3O2/c1-20-9-8-18-15(20)10-19-13-6-7-14(16(13)21)22-12-4-2-11(17)3-5-12/h2-5,8-9,13-14,16,19,21H,6-7,10H2,1H3/t13-,14-,16+/m0/s1. The Labute approximate surface area is 134 Å². The molecule has 22 heavy (non-hydrogen) atoms. The maximum atomic E-state index is 10.4. The molecular formula is C16H20ClN3O2. The lowest BCUT2D eigenvalue weighted by molar-refractivity contribution is 0.0448. The van der Waals surface area contributed by atoms with E-state index in [1.807, 2.05) is 29.9 Å². The Bertz CT molecular complexity index is 614. The summed E-state index contributed by atoms with van der Waals surface area (Å²) in [7, 11) is 1.96. The second kappa shape index (κ2) is 6.69. The van der Waals surface area contributed by atoms with E-state index < -0.39 is 6.10 Å². The first-order valence-electron chi connectivity index (χ1n) is 7.43. The molecule has 6 heteroatoms. The SMILES string of the molecule is Cn1ccnc1CN[C@H]1CC[C@H](Oc2ccc(Cl)cc2)[C@@H]1O. The largest absolute Gasteiger partial charge is 0.488 e. The van der Waals surface area contributed by atoms with Gasteiger partial charge in [0, 0.05) is 30.5 Å². The van der Waals surface area contributed by atoms with Gasteiger partial charge >= 0.3 is 0 Å². The number of hydrogen-bond acceptors (Lipinski definition) is 4. The number of nitrogens with zero attached hydrogens (tertiary/aromatic N) is 2. The van der Waals surface area contributed by atoms with Gasteiger partial charge in [0.05, 0.1) is 6.54 Å². The number of halogens is 1. The van der Waals surface area contributed by atoms with Gasteiger partial charge in [-0.05, 0) is 37.1 Å². The van der Waals surface area contributed by atoms with E-state index in [1.165, 1.54) is 0 Å². The molecule has 1 aromatic carbocycles. The summed E-state index contributed by atoms with van der Waals surface area (Å²) in [5.41, 5.74) is 0. The zero-order valence-electron chi connectivity index (χ0n) is 12.4. The average Bonchev–Trinajstić information content (AvgIpc) is 3.07. The molecular weight excluding hydrogens is 302 g/mol. The van der Waals surface area contributed by atoms with Crippen LogP contribution in [-0.4, -0.2) is 32.9 Å². The van der Waals surface area contributed by atoms with Crippen LogP contribution < -0.4 is 10.1 Å². The topological polar surface area (TPSA) is 59.3 Å². The molecule has 1 fully saturated rings. The molecule has 0 bridgehead atoms. The molecule has 1 aliphatic carbocycles. The van der Waals surface area contributed by atoms with Crippen molar-refractivity contribution in [3.8, 4) is 5.75 Å². The number of aryl methyl sites for hydroxylation is 1. The van der Waals surface area contributed by atoms with Crippen molar-refractivity contribution in [3.63, 3.8) is 0 Å². The third-order valence-electron chi connectivity index (χ3n) is 4.10. The Hall–Kier alpha value is -1.56. The van der Waals surface area contributed by atoms with Crippen LogP contribution in [0.4, 0.5) is 0 Å². The second-order valence-electron chi connectivity index (χ2n) is 5.62. The molecule has 3 atom stereocenters. The molecule has 1 heterocycles. The Morgan fingerprint density at radius 3 is 2.82 bits per heavy atom. The highest BCUT2D eigenvalue weighted by atomic mass is 35.5. The van der Waals surface area contributed by atoms with Gasteiger partial charge in [-0.1, -0.05) is 11.6 Å². The van der Waals surface area contributed by atoms with Gasteiger partial charge in [0.15, 0.2) is 0 Å². The predicted octanol–water partition coefficient (Wildman–Crippen LogP) is 2.13. The van der Waals surface area contributed by atoms with Crippen LogP contribution >= 0.6 is 11.6 Å². The minimum atomic E-state index is -0.532. The van der Waals surface area contributed by atoms with E-state index >= 15 is 0 Å². The van der Waals surface area contributed by atoms with E-state index in [2.05, 4.69) is 10.3 Å². The van der Waals surface area contributed by atoms with Crippen molar-refractivity contribution in [2.24, 2.45) is 7.05 Å². The van der Waals surface area contributed by atoms with E-state index in [4.69, 9.17) is 16.3 Å². The van der Waals surface area contributed by atoms with Crippen LogP contribution in [0.5, 0.6) is 5.75 Å². The number of benzene rings is 1. The van der Waals surface area contributed by atoms with Gasteiger partial charge in [0.2, 0.25) is 0 Å². The zero-order chi connectivity index (χ0) is 15.5. The highest BCUT2D eigenvalue weighted by Gasteiger charge is 2.36. The number of rotatable bonds is 5. The molecule has 0 amide bonds. The normalized spacial score (nSPS) is 24.6. The fraction of sp³-hybridized carbons (Fsp3) is 0.438. The van der Waals surface area contributed by atoms with Gasteiger partial charge in [-0.2, -0.15) is 0 Å². The lowest BCUT2D eigenvalue weighted by Crippen LogP contribution is -2.41. The molecule has 0 aliphatic heterocycles. The Morgan fingerprint density at radius 2 is 2.14 bits per heavy atom. The van der Waals surface area contributed by atoms with Gasteiger partial charge in [0.1, 0.15) is 23.8 Å². The van der Waals surface area contributed by atoms with Gasteiger partial charge in [0.25, 0.3) is 0 Å². The maximum Gasteiger partial charge on any atom is 0.126 e. The van der Waals surface area contributed by atoms with Crippen LogP contribution in [0.15, 0.2) is 36.7 Å². The number of hydrogen-bond donors (Lipinski definition) is 2. The monoisotopic (exact) mass is 321 g/mol. The molecule has 0 unspecified atom stereocenters. The van der Waals surface area contributed by atoms with Crippen molar-refractivity contribution >= 4 is 11.6 Å². The molecule has 1 aliphatic rings. The lowest BCUT2D eigenvalue weighted by Gasteiger charge is -2.21.